The molecule has 3 aliphatic heterocycles. The minimum atomic E-state index is -0.384. The van der Waals surface area contributed by atoms with Crippen LogP contribution in [0, 0.1) is 0 Å². The van der Waals surface area contributed by atoms with E-state index in [1.165, 1.54) is 0 Å². The van der Waals surface area contributed by atoms with E-state index in [1.807, 2.05) is 6.08 Å². The van der Waals surface area contributed by atoms with Crippen LogP contribution in [0.25, 0.3) is 0 Å². The maximum Gasteiger partial charge on any atom is 0.307 e. The molecule has 35 heavy (non-hydrogen) atoms. The molecule has 0 spiro atoms. The zero-order chi connectivity index (χ0) is 24.5. The Bertz CT molecular complexity index is 1020. The van der Waals surface area contributed by atoms with Crippen molar-refractivity contribution in [3.63, 3.8) is 0 Å². The van der Waals surface area contributed by atoms with Gasteiger partial charge in [0, 0.05) is 13.1 Å². The van der Waals surface area contributed by atoms with E-state index in [1.54, 1.807) is 6.21 Å². The van der Waals surface area contributed by atoms with Crippen molar-refractivity contribution >= 4 is 29.8 Å². The number of amides is 1. The topological polar surface area (TPSA) is 126 Å². The van der Waals surface area contributed by atoms with Crippen LogP contribution < -0.4 is 10.7 Å². The van der Waals surface area contributed by atoms with Gasteiger partial charge in [0.05, 0.1) is 45.1 Å². The van der Waals surface area contributed by atoms with Crippen molar-refractivity contribution in [1.82, 2.24) is 20.6 Å². The lowest BCUT2D eigenvalue weighted by Gasteiger charge is -2.29. The standard InChI is InChI=1S/C24H33N7O4/c1-3-5-6-8-17(7-4-2)14-25-30-24-28-20(31-9-11-33-12-10-31)13-19-22(29-24)35-23(27-19)21(32)26-18-15-34-16-18/h4,8,14,18H,2-3,5-7,9-13,15-16H2,1H3,(H,26,32)(H,29,30)/b17-8+,25-14+. The summed E-state index contributed by atoms with van der Waals surface area (Å²) < 4.78 is 16.3. The van der Waals surface area contributed by atoms with Crippen molar-refractivity contribution in [2.75, 3.05) is 39.5 Å². The third kappa shape index (κ3) is 6.86. The molecule has 2 saturated heterocycles. The lowest BCUT2D eigenvalue weighted by atomic mass is 10.1. The molecule has 4 rings (SSSR count). The van der Waals surface area contributed by atoms with Crippen LogP contribution in [0.15, 0.2) is 43.8 Å². The summed E-state index contributed by atoms with van der Waals surface area (Å²) in [5.74, 6) is 0.873. The summed E-state index contributed by atoms with van der Waals surface area (Å²) in [6.45, 7) is 9.63. The molecule has 2 N–H and O–H groups in total. The number of carbonyl (C=O) groups excluding carboxylic acids is 1. The lowest BCUT2D eigenvalue weighted by Crippen LogP contribution is -2.48. The molecule has 11 heteroatoms. The summed E-state index contributed by atoms with van der Waals surface area (Å²) in [5, 5.41) is 7.20. The minimum Gasteiger partial charge on any atom is -0.413 e. The van der Waals surface area contributed by atoms with Gasteiger partial charge in [-0.25, -0.2) is 10.4 Å². The van der Waals surface area contributed by atoms with Crippen LogP contribution in [-0.4, -0.2) is 79.4 Å². The lowest BCUT2D eigenvalue weighted by molar-refractivity contribution is -0.00400. The number of aliphatic imine (C=N–C) groups is 2. The molecule has 0 aliphatic carbocycles. The van der Waals surface area contributed by atoms with Gasteiger partial charge in [0.1, 0.15) is 11.5 Å². The number of nitrogens with zero attached hydrogens (tertiary/aromatic N) is 5. The summed E-state index contributed by atoms with van der Waals surface area (Å²) in [4.78, 5) is 28.3. The number of hydrazone groups is 1. The van der Waals surface area contributed by atoms with Gasteiger partial charge in [-0.05, 0) is 18.4 Å². The van der Waals surface area contributed by atoms with E-state index in [0.717, 1.165) is 37.1 Å². The molecule has 0 radical (unpaired) electrons. The van der Waals surface area contributed by atoms with Crippen molar-refractivity contribution < 1.29 is 18.7 Å². The van der Waals surface area contributed by atoms with Gasteiger partial charge >= 0.3 is 5.91 Å². The Morgan fingerprint density at radius 3 is 2.80 bits per heavy atom. The molecule has 3 aliphatic rings. The number of aromatic nitrogens is 1. The zero-order valence-corrected chi connectivity index (χ0v) is 20.2. The number of unbranched alkanes of at least 4 members (excludes halogenated alkanes) is 2. The third-order valence-electron chi connectivity index (χ3n) is 5.73. The molecule has 4 heterocycles. The van der Waals surface area contributed by atoms with Gasteiger partial charge in [-0.15, -0.1) is 6.58 Å². The normalized spacial score (nSPS) is 18.9. The van der Waals surface area contributed by atoms with E-state index < -0.39 is 0 Å². The molecule has 0 aromatic carbocycles. The fourth-order valence-corrected chi connectivity index (χ4v) is 3.72. The smallest absolute Gasteiger partial charge is 0.307 e. The van der Waals surface area contributed by atoms with Crippen LogP contribution >= 0.6 is 0 Å². The third-order valence-corrected chi connectivity index (χ3v) is 5.73. The van der Waals surface area contributed by atoms with Gasteiger partial charge < -0.3 is 24.1 Å². The van der Waals surface area contributed by atoms with Gasteiger partial charge in [0.25, 0.3) is 5.89 Å². The van der Waals surface area contributed by atoms with Crippen molar-refractivity contribution in [2.45, 2.75) is 45.1 Å². The monoisotopic (exact) mass is 483 g/mol. The van der Waals surface area contributed by atoms with Gasteiger partial charge in [-0.1, -0.05) is 31.9 Å². The van der Waals surface area contributed by atoms with Gasteiger partial charge in [0.15, 0.2) is 0 Å². The maximum absolute atomic E-state index is 12.6. The Kier molecular flexibility index (Phi) is 8.79. The average molecular weight is 484 g/mol. The number of carbonyl (C=O) groups is 1. The molecule has 0 saturated carbocycles. The molecular weight excluding hydrogens is 450 g/mol. The Labute approximate surface area is 205 Å². The predicted molar refractivity (Wildman–Crippen MR) is 133 cm³/mol. The highest BCUT2D eigenvalue weighted by atomic mass is 16.5. The molecule has 1 aromatic heterocycles. The highest BCUT2D eigenvalue weighted by Gasteiger charge is 2.28. The van der Waals surface area contributed by atoms with Crippen LogP contribution in [0.5, 0.6) is 0 Å². The molecule has 188 valence electrons. The van der Waals surface area contributed by atoms with Gasteiger partial charge in [-0.2, -0.15) is 15.1 Å². The number of rotatable bonds is 9. The molecule has 0 bridgehead atoms. The quantitative estimate of drug-likeness (QED) is 0.239. The van der Waals surface area contributed by atoms with Crippen molar-refractivity contribution in [1.29, 1.82) is 0 Å². The Morgan fingerprint density at radius 2 is 2.09 bits per heavy atom. The summed E-state index contributed by atoms with van der Waals surface area (Å²) in [6, 6.07) is -0.0233. The number of guanidine groups is 1. The van der Waals surface area contributed by atoms with Crippen LogP contribution in [0.4, 0.5) is 5.88 Å². The van der Waals surface area contributed by atoms with Gasteiger partial charge in [0.2, 0.25) is 11.8 Å². The Hall–Kier alpha value is -3.31. The van der Waals surface area contributed by atoms with Crippen LogP contribution in [0.3, 0.4) is 0 Å². The summed E-state index contributed by atoms with van der Waals surface area (Å²) in [5.41, 5.74) is 4.55. The molecule has 2 fully saturated rings. The van der Waals surface area contributed by atoms with E-state index >= 15 is 0 Å². The molecule has 1 aromatic rings. The summed E-state index contributed by atoms with van der Waals surface area (Å²) in [6.07, 6.45) is 10.1. The van der Waals surface area contributed by atoms with E-state index in [0.29, 0.717) is 51.6 Å². The number of nitrogens with one attached hydrogen (secondary N) is 2. The van der Waals surface area contributed by atoms with Crippen LogP contribution in [0.2, 0.25) is 0 Å². The first-order valence-electron chi connectivity index (χ1n) is 12.1. The SMILES string of the molecule is C=CCC(/C=N/NC1=Nc2oc(C(=O)NC3COC3)nc2CC(N2CCOCC2)=N1)=C\CCCC. The van der Waals surface area contributed by atoms with Gasteiger partial charge in [-0.3, -0.25) is 4.79 Å². The van der Waals surface area contributed by atoms with E-state index in [4.69, 9.17) is 18.9 Å². The number of fused-ring (bicyclic) bond motifs is 1. The van der Waals surface area contributed by atoms with E-state index in [-0.39, 0.29) is 29.7 Å². The number of hydrogen-bond acceptors (Lipinski definition) is 10. The second kappa shape index (κ2) is 12.4. The predicted octanol–water partition coefficient (Wildman–Crippen LogP) is 2.35. The zero-order valence-electron chi connectivity index (χ0n) is 20.2. The van der Waals surface area contributed by atoms with E-state index in [9.17, 15) is 4.79 Å². The molecule has 1 amide bonds. The Morgan fingerprint density at radius 1 is 1.26 bits per heavy atom. The number of oxazole rings is 1. The second-order valence-electron chi connectivity index (χ2n) is 8.50. The number of amidine groups is 1. The second-order valence-corrected chi connectivity index (χ2v) is 8.50. The molecule has 0 atom stereocenters. The first-order valence-corrected chi connectivity index (χ1v) is 12.1. The Balaban J connectivity index is 1.54. The molecule has 0 unspecified atom stereocenters. The summed E-state index contributed by atoms with van der Waals surface area (Å²) in [7, 11) is 0. The fraction of sp³-hybridized carbons (Fsp3) is 0.542. The largest absolute Gasteiger partial charge is 0.413 e. The van der Waals surface area contributed by atoms with Crippen LogP contribution in [-0.2, 0) is 15.9 Å². The number of allylic oxidation sites excluding steroid dienone is 3. The van der Waals surface area contributed by atoms with E-state index in [2.05, 4.69) is 50.3 Å². The highest BCUT2D eigenvalue weighted by molar-refractivity contribution is 6.00. The summed E-state index contributed by atoms with van der Waals surface area (Å²) >= 11 is 0. The first-order chi connectivity index (χ1) is 17.2. The number of hydrogen-bond donors (Lipinski definition) is 2. The first kappa shape index (κ1) is 24.8. The van der Waals surface area contributed by atoms with Crippen molar-refractivity contribution in [3.05, 3.63) is 35.9 Å². The average Bonchev–Trinajstić information content (AvgIpc) is 3.15. The molecular formula is C24H33N7O4. The van der Waals surface area contributed by atoms with Crippen LogP contribution in [0.1, 0.15) is 49.0 Å². The fourth-order valence-electron chi connectivity index (χ4n) is 3.72. The number of ether oxygens (including phenoxy) is 2. The maximum atomic E-state index is 12.6. The van der Waals surface area contributed by atoms with Crippen molar-refractivity contribution in [3.8, 4) is 0 Å². The van der Waals surface area contributed by atoms with Crippen molar-refractivity contribution in [2.24, 2.45) is 15.1 Å². The molecule has 11 nitrogen and oxygen atoms in total. The number of morpholine rings is 1. The minimum absolute atomic E-state index is 0.0233. The highest BCUT2D eigenvalue weighted by Crippen LogP contribution is 2.25.